The summed E-state index contributed by atoms with van der Waals surface area (Å²) in [5.74, 6) is -1.89. The molecular formula is C19H13ClFN3O3. The fourth-order valence-electron chi connectivity index (χ4n) is 2.24. The number of carbonyl (C=O) groups is 1. The summed E-state index contributed by atoms with van der Waals surface area (Å²) in [6, 6.07) is 13.1. The number of hydrogen-bond donors (Lipinski definition) is 3. The molecule has 6 nitrogen and oxygen atoms in total. The van der Waals surface area contributed by atoms with Crippen LogP contribution in [0.2, 0.25) is 5.02 Å². The summed E-state index contributed by atoms with van der Waals surface area (Å²) in [5, 5.41) is 18.5. The summed E-state index contributed by atoms with van der Waals surface area (Å²) in [4.78, 5) is 12.2. The maximum atomic E-state index is 13.7. The summed E-state index contributed by atoms with van der Waals surface area (Å²) >= 11 is 6.09. The van der Waals surface area contributed by atoms with Crippen molar-refractivity contribution in [1.29, 1.82) is 10.8 Å². The number of halogens is 2. The largest absolute Gasteiger partial charge is 0.459 e. The highest BCUT2D eigenvalue weighted by Crippen LogP contribution is 2.23. The van der Waals surface area contributed by atoms with E-state index in [1.54, 1.807) is 12.1 Å². The number of hydrogen-bond acceptors (Lipinski definition) is 5. The zero-order valence-corrected chi connectivity index (χ0v) is 14.5. The molecule has 0 bridgehead atoms. The maximum absolute atomic E-state index is 13.7. The molecule has 0 unspecified atom stereocenters. The summed E-state index contributed by atoms with van der Waals surface area (Å²) in [5.41, 5.74) is 0.333. The fraction of sp³-hybridized carbons (Fsp3) is 0. The SMILES string of the molecule is N=C(OC(=N)c1cc(NC(=O)c2ccccc2F)ccc1Cl)c1ccco1. The molecule has 0 radical (unpaired) electrons. The van der Waals surface area contributed by atoms with Crippen molar-refractivity contribution in [3.8, 4) is 0 Å². The van der Waals surface area contributed by atoms with Gasteiger partial charge < -0.3 is 14.5 Å². The molecule has 3 rings (SSSR count). The molecule has 0 aliphatic rings. The molecule has 0 fully saturated rings. The molecule has 0 spiro atoms. The Morgan fingerprint density at radius 3 is 2.52 bits per heavy atom. The molecule has 1 aromatic heterocycles. The lowest BCUT2D eigenvalue weighted by Crippen LogP contribution is -2.15. The van der Waals surface area contributed by atoms with Crippen molar-refractivity contribution in [3.05, 3.63) is 88.6 Å². The molecule has 1 amide bonds. The Kier molecular flexibility index (Phi) is 5.33. The Balaban J connectivity index is 1.78. The van der Waals surface area contributed by atoms with Gasteiger partial charge >= 0.3 is 0 Å². The van der Waals surface area contributed by atoms with Crippen LogP contribution in [0.25, 0.3) is 0 Å². The first-order valence-electron chi connectivity index (χ1n) is 7.70. The van der Waals surface area contributed by atoms with Gasteiger partial charge in [-0.25, -0.2) is 4.39 Å². The smallest absolute Gasteiger partial charge is 0.258 e. The summed E-state index contributed by atoms with van der Waals surface area (Å²) < 4.78 is 23.9. The average Bonchev–Trinajstić information content (AvgIpc) is 3.18. The van der Waals surface area contributed by atoms with Gasteiger partial charge in [0.05, 0.1) is 22.4 Å². The molecule has 1 heterocycles. The van der Waals surface area contributed by atoms with Crippen LogP contribution in [0.15, 0.2) is 65.3 Å². The molecular weight excluding hydrogens is 373 g/mol. The average molecular weight is 386 g/mol. The Morgan fingerprint density at radius 2 is 1.81 bits per heavy atom. The van der Waals surface area contributed by atoms with Crippen LogP contribution < -0.4 is 5.32 Å². The van der Waals surface area contributed by atoms with Crippen molar-refractivity contribution in [2.24, 2.45) is 0 Å². The standard InChI is InChI=1S/C19H13ClFN3O3/c20-14-8-7-11(24-19(25)12-4-1-2-5-15(12)21)10-13(14)17(22)27-18(23)16-6-3-9-26-16/h1-10,22-23H,(H,24,25). The van der Waals surface area contributed by atoms with E-state index < -0.39 is 17.6 Å². The number of rotatable bonds is 4. The van der Waals surface area contributed by atoms with Gasteiger partial charge in [-0.3, -0.25) is 15.6 Å². The van der Waals surface area contributed by atoms with Gasteiger partial charge in [-0.1, -0.05) is 23.7 Å². The molecule has 0 atom stereocenters. The lowest BCUT2D eigenvalue weighted by atomic mass is 10.1. The van der Waals surface area contributed by atoms with E-state index in [0.29, 0.717) is 5.69 Å². The van der Waals surface area contributed by atoms with Gasteiger partial charge in [0.15, 0.2) is 5.76 Å². The van der Waals surface area contributed by atoms with E-state index in [2.05, 4.69) is 5.32 Å². The van der Waals surface area contributed by atoms with Crippen LogP contribution in [0.4, 0.5) is 10.1 Å². The first kappa shape index (κ1) is 18.3. The van der Waals surface area contributed by atoms with Crippen LogP contribution in [0.5, 0.6) is 0 Å². The Labute approximate surface area is 158 Å². The van der Waals surface area contributed by atoms with Gasteiger partial charge in [-0.15, -0.1) is 0 Å². The Morgan fingerprint density at radius 1 is 1.04 bits per heavy atom. The second kappa shape index (κ2) is 7.84. The van der Waals surface area contributed by atoms with Crippen molar-refractivity contribution in [1.82, 2.24) is 0 Å². The quantitative estimate of drug-likeness (QED) is 0.448. The van der Waals surface area contributed by atoms with Gasteiger partial charge in [0.25, 0.3) is 11.8 Å². The van der Waals surface area contributed by atoms with Crippen LogP contribution in [0, 0.1) is 16.6 Å². The minimum atomic E-state index is -0.646. The highest BCUT2D eigenvalue weighted by atomic mass is 35.5. The highest BCUT2D eigenvalue weighted by Gasteiger charge is 2.16. The zero-order valence-electron chi connectivity index (χ0n) is 13.8. The third-order valence-electron chi connectivity index (χ3n) is 3.54. The normalized spacial score (nSPS) is 10.3. The molecule has 2 aromatic carbocycles. The molecule has 0 saturated heterocycles. The fourth-order valence-corrected chi connectivity index (χ4v) is 2.44. The summed E-state index contributed by atoms with van der Waals surface area (Å²) in [7, 11) is 0. The van der Waals surface area contributed by atoms with Gasteiger partial charge in [-0.05, 0) is 42.5 Å². The number of ether oxygens (including phenoxy) is 1. The Hall–Kier alpha value is -3.45. The van der Waals surface area contributed by atoms with Crippen molar-refractivity contribution < 1.29 is 18.3 Å². The number of nitrogens with one attached hydrogen (secondary N) is 3. The minimum absolute atomic E-state index is 0.111. The van der Waals surface area contributed by atoms with Crippen molar-refractivity contribution in [2.45, 2.75) is 0 Å². The van der Waals surface area contributed by atoms with Crippen molar-refractivity contribution >= 4 is 35.0 Å². The highest BCUT2D eigenvalue weighted by molar-refractivity contribution is 6.34. The van der Waals surface area contributed by atoms with Gasteiger partial charge in [-0.2, -0.15) is 0 Å². The van der Waals surface area contributed by atoms with Crippen LogP contribution in [-0.4, -0.2) is 17.7 Å². The Bertz CT molecular complexity index is 1020. The predicted octanol–water partition coefficient (Wildman–Crippen LogP) is 4.69. The molecule has 0 aliphatic heterocycles. The molecule has 27 heavy (non-hydrogen) atoms. The van der Waals surface area contributed by atoms with E-state index in [-0.39, 0.29) is 27.8 Å². The number of anilines is 1. The van der Waals surface area contributed by atoms with Crippen molar-refractivity contribution in [3.63, 3.8) is 0 Å². The third kappa shape index (κ3) is 4.21. The number of furan rings is 1. The molecule has 0 aliphatic carbocycles. The van der Waals surface area contributed by atoms with Gasteiger partial charge in [0.1, 0.15) is 5.82 Å². The second-order valence-electron chi connectivity index (χ2n) is 5.37. The number of carbonyl (C=O) groups excluding carboxylic acids is 1. The van der Waals surface area contributed by atoms with Crippen LogP contribution in [0.3, 0.4) is 0 Å². The van der Waals surface area contributed by atoms with Crippen LogP contribution >= 0.6 is 11.6 Å². The third-order valence-corrected chi connectivity index (χ3v) is 3.87. The van der Waals surface area contributed by atoms with Crippen molar-refractivity contribution in [2.75, 3.05) is 5.32 Å². The number of amides is 1. The zero-order chi connectivity index (χ0) is 19.4. The van der Waals surface area contributed by atoms with E-state index in [1.807, 2.05) is 0 Å². The summed E-state index contributed by atoms with van der Waals surface area (Å²) in [6.45, 7) is 0. The molecule has 3 N–H and O–H groups in total. The van der Waals surface area contributed by atoms with E-state index in [4.69, 9.17) is 31.6 Å². The second-order valence-corrected chi connectivity index (χ2v) is 5.77. The monoisotopic (exact) mass is 385 g/mol. The lowest BCUT2D eigenvalue weighted by Gasteiger charge is -2.11. The first-order valence-corrected chi connectivity index (χ1v) is 8.08. The van der Waals surface area contributed by atoms with Gasteiger partial charge in [0, 0.05) is 5.69 Å². The predicted molar refractivity (Wildman–Crippen MR) is 99.3 cm³/mol. The maximum Gasteiger partial charge on any atom is 0.258 e. The van der Waals surface area contributed by atoms with Crippen LogP contribution in [-0.2, 0) is 4.74 Å². The van der Waals surface area contributed by atoms with E-state index >= 15 is 0 Å². The molecule has 0 saturated carbocycles. The summed E-state index contributed by atoms with van der Waals surface area (Å²) in [6.07, 6.45) is 1.38. The minimum Gasteiger partial charge on any atom is -0.459 e. The van der Waals surface area contributed by atoms with E-state index in [0.717, 1.165) is 0 Å². The van der Waals surface area contributed by atoms with Gasteiger partial charge in [0.2, 0.25) is 5.90 Å². The number of benzene rings is 2. The molecule has 8 heteroatoms. The van der Waals surface area contributed by atoms with Crippen LogP contribution in [0.1, 0.15) is 21.7 Å². The molecule has 136 valence electrons. The van der Waals surface area contributed by atoms with E-state index in [9.17, 15) is 9.18 Å². The lowest BCUT2D eigenvalue weighted by molar-refractivity contribution is 0.102. The molecule has 3 aromatic rings. The topological polar surface area (TPSA) is 99.2 Å². The first-order chi connectivity index (χ1) is 13.0. The van der Waals surface area contributed by atoms with E-state index in [1.165, 1.54) is 48.7 Å².